The summed E-state index contributed by atoms with van der Waals surface area (Å²) < 4.78 is 0. The van der Waals surface area contributed by atoms with Crippen LogP contribution >= 0.6 is 0 Å². The SMILES string of the molecule is O=C(NCCc1cccnc1)N[C@@H](Cc1ccccc1)C1CC1. The maximum atomic E-state index is 12.1. The average Bonchev–Trinajstić information content (AvgIpc) is 3.41. The van der Waals surface area contributed by atoms with E-state index < -0.39 is 0 Å². The fraction of sp³-hybridized carbons (Fsp3) is 0.368. The van der Waals surface area contributed by atoms with Gasteiger partial charge in [-0.25, -0.2) is 4.79 Å². The molecule has 0 radical (unpaired) electrons. The lowest BCUT2D eigenvalue weighted by molar-refractivity contribution is 0.235. The Morgan fingerprint density at radius 3 is 2.61 bits per heavy atom. The summed E-state index contributed by atoms with van der Waals surface area (Å²) >= 11 is 0. The molecular weight excluding hydrogens is 286 g/mol. The number of rotatable bonds is 7. The van der Waals surface area contributed by atoms with Gasteiger partial charge in [0.1, 0.15) is 0 Å². The number of hydrogen-bond acceptors (Lipinski definition) is 2. The van der Waals surface area contributed by atoms with Crippen molar-refractivity contribution >= 4 is 6.03 Å². The molecule has 2 amide bonds. The van der Waals surface area contributed by atoms with Crippen molar-refractivity contribution in [2.45, 2.75) is 31.7 Å². The van der Waals surface area contributed by atoms with Crippen LogP contribution in [0, 0.1) is 5.92 Å². The van der Waals surface area contributed by atoms with E-state index in [9.17, 15) is 4.79 Å². The topological polar surface area (TPSA) is 54.0 Å². The van der Waals surface area contributed by atoms with Crippen LogP contribution in [0.15, 0.2) is 54.9 Å². The van der Waals surface area contributed by atoms with E-state index in [0.717, 1.165) is 18.4 Å². The summed E-state index contributed by atoms with van der Waals surface area (Å²) in [6, 6.07) is 14.5. The van der Waals surface area contributed by atoms with Gasteiger partial charge in [0.15, 0.2) is 0 Å². The van der Waals surface area contributed by atoms with Crippen LogP contribution in [-0.4, -0.2) is 23.6 Å². The maximum Gasteiger partial charge on any atom is 0.315 e. The number of aromatic nitrogens is 1. The molecule has 1 saturated carbocycles. The zero-order valence-corrected chi connectivity index (χ0v) is 13.2. The fourth-order valence-corrected chi connectivity index (χ4v) is 2.79. The van der Waals surface area contributed by atoms with Crippen molar-refractivity contribution in [1.29, 1.82) is 0 Å². The first-order valence-electron chi connectivity index (χ1n) is 8.28. The zero-order valence-electron chi connectivity index (χ0n) is 13.2. The van der Waals surface area contributed by atoms with Crippen molar-refractivity contribution in [3.63, 3.8) is 0 Å². The number of amides is 2. The molecular formula is C19H23N3O. The summed E-state index contributed by atoms with van der Waals surface area (Å²) in [5.41, 5.74) is 2.41. The quantitative estimate of drug-likeness (QED) is 0.826. The lowest BCUT2D eigenvalue weighted by atomic mass is 10.0. The molecule has 1 aromatic carbocycles. The molecule has 0 bridgehead atoms. The van der Waals surface area contributed by atoms with Crippen molar-refractivity contribution in [1.82, 2.24) is 15.6 Å². The van der Waals surface area contributed by atoms with E-state index in [1.54, 1.807) is 6.20 Å². The van der Waals surface area contributed by atoms with Gasteiger partial charge < -0.3 is 10.6 Å². The number of carbonyl (C=O) groups is 1. The summed E-state index contributed by atoms with van der Waals surface area (Å²) in [5.74, 6) is 0.624. The summed E-state index contributed by atoms with van der Waals surface area (Å²) in [7, 11) is 0. The van der Waals surface area contributed by atoms with Gasteiger partial charge in [0.05, 0.1) is 0 Å². The van der Waals surface area contributed by atoms with Gasteiger partial charge in [-0.2, -0.15) is 0 Å². The third kappa shape index (κ3) is 5.09. The minimum absolute atomic E-state index is 0.0679. The van der Waals surface area contributed by atoms with E-state index in [2.05, 4.69) is 27.8 Å². The molecule has 1 fully saturated rings. The number of hydrogen-bond donors (Lipinski definition) is 2. The highest BCUT2D eigenvalue weighted by atomic mass is 16.2. The van der Waals surface area contributed by atoms with Gasteiger partial charge in [0.2, 0.25) is 0 Å². The van der Waals surface area contributed by atoms with Crippen molar-refractivity contribution in [3.8, 4) is 0 Å². The first-order valence-corrected chi connectivity index (χ1v) is 8.28. The van der Waals surface area contributed by atoms with Crippen LogP contribution in [0.3, 0.4) is 0 Å². The maximum absolute atomic E-state index is 12.1. The molecule has 0 saturated heterocycles. The largest absolute Gasteiger partial charge is 0.338 e. The molecule has 1 aromatic heterocycles. The molecule has 4 heteroatoms. The highest BCUT2D eigenvalue weighted by Gasteiger charge is 2.32. The Morgan fingerprint density at radius 2 is 1.91 bits per heavy atom. The first-order chi connectivity index (χ1) is 11.3. The van der Waals surface area contributed by atoms with Crippen LogP contribution in [0.5, 0.6) is 0 Å². The van der Waals surface area contributed by atoms with Gasteiger partial charge in [0.25, 0.3) is 0 Å². The summed E-state index contributed by atoms with van der Waals surface area (Å²) in [6.07, 6.45) is 7.73. The molecule has 0 aliphatic heterocycles. The summed E-state index contributed by atoms with van der Waals surface area (Å²) in [6.45, 7) is 0.625. The van der Waals surface area contributed by atoms with Gasteiger partial charge in [0, 0.05) is 25.0 Å². The highest BCUT2D eigenvalue weighted by Crippen LogP contribution is 2.34. The molecule has 1 aliphatic rings. The Bertz CT molecular complexity index is 611. The van der Waals surface area contributed by atoms with E-state index in [1.807, 2.05) is 36.5 Å². The van der Waals surface area contributed by atoms with Crippen LogP contribution in [0.2, 0.25) is 0 Å². The molecule has 4 nitrogen and oxygen atoms in total. The van der Waals surface area contributed by atoms with Crippen LogP contribution in [0.1, 0.15) is 24.0 Å². The molecule has 23 heavy (non-hydrogen) atoms. The monoisotopic (exact) mass is 309 g/mol. The number of nitrogens with zero attached hydrogens (tertiary/aromatic N) is 1. The molecule has 1 atom stereocenters. The van der Waals surface area contributed by atoms with Crippen molar-refractivity contribution in [3.05, 3.63) is 66.0 Å². The second kappa shape index (κ2) is 7.77. The van der Waals surface area contributed by atoms with Gasteiger partial charge >= 0.3 is 6.03 Å². The Hall–Kier alpha value is -2.36. The average molecular weight is 309 g/mol. The number of benzene rings is 1. The van der Waals surface area contributed by atoms with Crippen molar-refractivity contribution in [2.75, 3.05) is 6.54 Å². The van der Waals surface area contributed by atoms with E-state index >= 15 is 0 Å². The zero-order chi connectivity index (χ0) is 15.9. The molecule has 120 valence electrons. The van der Waals surface area contributed by atoms with Crippen LogP contribution in [0.4, 0.5) is 4.79 Å². The van der Waals surface area contributed by atoms with Crippen LogP contribution < -0.4 is 10.6 Å². The predicted octanol–water partition coefficient (Wildman–Crippen LogP) is 2.94. The second-order valence-electron chi connectivity index (χ2n) is 6.15. The Kier molecular flexibility index (Phi) is 5.25. The molecule has 2 N–H and O–H groups in total. The van der Waals surface area contributed by atoms with Crippen molar-refractivity contribution < 1.29 is 4.79 Å². The standard InChI is InChI=1S/C19H23N3O/c23-19(21-12-10-16-7-4-11-20-14-16)22-18(17-8-9-17)13-15-5-2-1-3-6-15/h1-7,11,14,17-18H,8-10,12-13H2,(H2,21,22,23)/t18-/m0/s1. The van der Waals surface area contributed by atoms with Gasteiger partial charge in [-0.3, -0.25) is 4.98 Å². The molecule has 0 unspecified atom stereocenters. The minimum atomic E-state index is -0.0679. The van der Waals surface area contributed by atoms with E-state index in [4.69, 9.17) is 0 Å². The van der Waals surface area contributed by atoms with Gasteiger partial charge in [-0.15, -0.1) is 0 Å². The summed E-state index contributed by atoms with van der Waals surface area (Å²) in [5, 5.41) is 6.10. The molecule has 1 heterocycles. The first kappa shape index (κ1) is 15.5. The second-order valence-corrected chi connectivity index (χ2v) is 6.15. The van der Waals surface area contributed by atoms with E-state index in [-0.39, 0.29) is 12.1 Å². The third-order valence-corrected chi connectivity index (χ3v) is 4.23. The van der Waals surface area contributed by atoms with Crippen LogP contribution in [-0.2, 0) is 12.8 Å². The number of carbonyl (C=O) groups excluding carboxylic acids is 1. The van der Waals surface area contributed by atoms with Crippen molar-refractivity contribution in [2.24, 2.45) is 5.92 Å². The molecule has 0 spiro atoms. The minimum Gasteiger partial charge on any atom is -0.338 e. The van der Waals surface area contributed by atoms with Gasteiger partial charge in [-0.1, -0.05) is 36.4 Å². The lowest BCUT2D eigenvalue weighted by Gasteiger charge is -2.19. The highest BCUT2D eigenvalue weighted by molar-refractivity contribution is 5.74. The predicted molar refractivity (Wildman–Crippen MR) is 91.1 cm³/mol. The van der Waals surface area contributed by atoms with E-state index in [1.165, 1.54) is 18.4 Å². The lowest BCUT2D eigenvalue weighted by Crippen LogP contribution is -2.44. The smallest absolute Gasteiger partial charge is 0.315 e. The Labute approximate surface area is 137 Å². The van der Waals surface area contributed by atoms with Gasteiger partial charge in [-0.05, 0) is 48.8 Å². The fourth-order valence-electron chi connectivity index (χ4n) is 2.79. The normalized spacial score (nSPS) is 15.0. The molecule has 1 aliphatic carbocycles. The Morgan fingerprint density at radius 1 is 1.13 bits per heavy atom. The Balaban J connectivity index is 1.45. The number of pyridine rings is 1. The van der Waals surface area contributed by atoms with Crippen LogP contribution in [0.25, 0.3) is 0 Å². The number of nitrogens with one attached hydrogen (secondary N) is 2. The number of urea groups is 1. The van der Waals surface area contributed by atoms with E-state index in [0.29, 0.717) is 12.5 Å². The summed E-state index contributed by atoms with van der Waals surface area (Å²) in [4.78, 5) is 16.2. The molecule has 2 aromatic rings. The molecule has 3 rings (SSSR count). The third-order valence-electron chi connectivity index (χ3n) is 4.23.